The molecule has 4 nitrogen and oxygen atoms in total. The highest BCUT2D eigenvalue weighted by Crippen LogP contribution is 2.45. The van der Waals surface area contributed by atoms with E-state index in [-0.39, 0.29) is 25.0 Å². The Morgan fingerprint density at radius 2 is 0.735 bits per heavy atom. The average Bonchev–Trinajstić information content (AvgIpc) is 3.38. The number of hydrogen-bond donors (Lipinski definition) is 0. The Hall–Kier alpha value is -4.18. The van der Waals surface area contributed by atoms with Crippen molar-refractivity contribution in [2.24, 2.45) is 0 Å². The minimum Gasteiger partial charge on any atom is -0.456 e. The summed E-state index contributed by atoms with van der Waals surface area (Å²) in [5, 5.41) is 0. The van der Waals surface area contributed by atoms with Crippen LogP contribution in [0.25, 0.3) is 22.3 Å². The molecule has 0 atom stereocenters. The summed E-state index contributed by atoms with van der Waals surface area (Å²) in [6.45, 7) is 0.189. The zero-order chi connectivity index (χ0) is 23.1. The van der Waals surface area contributed by atoms with E-state index in [1.54, 1.807) is 0 Å². The molecule has 0 amide bonds. The highest BCUT2D eigenvalue weighted by molar-refractivity contribution is 6.29. The van der Waals surface area contributed by atoms with Gasteiger partial charge in [0.1, 0.15) is 13.2 Å². The van der Waals surface area contributed by atoms with E-state index >= 15 is 0 Å². The minimum absolute atomic E-state index is 0.0943. The molecule has 2 aliphatic rings. The van der Waals surface area contributed by atoms with Crippen molar-refractivity contribution in [2.45, 2.75) is 11.8 Å². The quantitative estimate of drug-likeness (QED) is 0.298. The van der Waals surface area contributed by atoms with Crippen LogP contribution in [0.1, 0.15) is 34.1 Å². The van der Waals surface area contributed by atoms with Crippen molar-refractivity contribution in [1.82, 2.24) is 0 Å². The van der Waals surface area contributed by atoms with Gasteiger partial charge in [-0.25, -0.2) is 9.59 Å². The van der Waals surface area contributed by atoms with Crippen LogP contribution in [-0.4, -0.2) is 25.2 Å². The standard InChI is InChI=1S/C30H22O4/c31-29(33-17-27-23-13-5-1-9-19(23)20-10-2-6-14-24(20)27)30(32)34-18-28-25-15-7-3-11-21(25)22-12-4-8-16-26(22)28/h1-16,27-28H,17-18H2. The van der Waals surface area contributed by atoms with Gasteiger partial charge in [-0.1, -0.05) is 97.1 Å². The third kappa shape index (κ3) is 3.30. The number of benzene rings is 4. The van der Waals surface area contributed by atoms with Crippen LogP contribution >= 0.6 is 0 Å². The maximum absolute atomic E-state index is 12.5. The minimum atomic E-state index is -0.957. The number of ether oxygens (including phenoxy) is 2. The van der Waals surface area contributed by atoms with Crippen molar-refractivity contribution in [3.63, 3.8) is 0 Å². The first-order valence-corrected chi connectivity index (χ1v) is 11.4. The molecule has 4 aromatic carbocycles. The van der Waals surface area contributed by atoms with Crippen molar-refractivity contribution >= 4 is 11.9 Å². The molecule has 0 bridgehead atoms. The molecule has 34 heavy (non-hydrogen) atoms. The fourth-order valence-electron chi connectivity index (χ4n) is 5.31. The van der Waals surface area contributed by atoms with E-state index in [1.165, 1.54) is 0 Å². The van der Waals surface area contributed by atoms with E-state index < -0.39 is 11.9 Å². The molecule has 0 radical (unpaired) electrons. The lowest BCUT2D eigenvalue weighted by Crippen LogP contribution is -2.24. The molecule has 4 heteroatoms. The van der Waals surface area contributed by atoms with Gasteiger partial charge in [0.15, 0.2) is 0 Å². The normalized spacial score (nSPS) is 13.5. The summed E-state index contributed by atoms with van der Waals surface area (Å²) in [4.78, 5) is 25.0. The van der Waals surface area contributed by atoms with Gasteiger partial charge in [0.05, 0.1) is 0 Å². The fraction of sp³-hybridized carbons (Fsp3) is 0.133. The second-order valence-electron chi connectivity index (χ2n) is 8.65. The highest BCUT2D eigenvalue weighted by Gasteiger charge is 2.32. The van der Waals surface area contributed by atoms with E-state index in [4.69, 9.17) is 9.47 Å². The van der Waals surface area contributed by atoms with Crippen LogP contribution in [0.15, 0.2) is 97.1 Å². The Morgan fingerprint density at radius 3 is 1.03 bits per heavy atom. The van der Waals surface area contributed by atoms with Gasteiger partial charge in [-0.15, -0.1) is 0 Å². The molecule has 166 valence electrons. The molecule has 6 rings (SSSR count). The van der Waals surface area contributed by atoms with E-state index in [9.17, 15) is 9.59 Å². The number of carbonyl (C=O) groups is 2. The smallest absolute Gasteiger partial charge is 0.417 e. The van der Waals surface area contributed by atoms with Crippen LogP contribution in [0.5, 0.6) is 0 Å². The molecule has 0 aromatic heterocycles. The number of hydrogen-bond acceptors (Lipinski definition) is 4. The molecule has 0 fully saturated rings. The van der Waals surface area contributed by atoms with Gasteiger partial charge in [-0.05, 0) is 44.5 Å². The third-order valence-electron chi connectivity index (χ3n) is 6.85. The van der Waals surface area contributed by atoms with Crippen LogP contribution < -0.4 is 0 Å². The van der Waals surface area contributed by atoms with Gasteiger partial charge in [0, 0.05) is 11.8 Å². The Labute approximate surface area is 197 Å². The van der Waals surface area contributed by atoms with Crippen LogP contribution in [-0.2, 0) is 19.1 Å². The molecule has 0 saturated carbocycles. The molecule has 0 unspecified atom stereocenters. The van der Waals surface area contributed by atoms with E-state index in [2.05, 4.69) is 24.3 Å². The summed E-state index contributed by atoms with van der Waals surface area (Å²) in [5.74, 6) is -2.11. The summed E-state index contributed by atoms with van der Waals surface area (Å²) >= 11 is 0. The van der Waals surface area contributed by atoms with Crippen molar-refractivity contribution in [1.29, 1.82) is 0 Å². The average molecular weight is 447 g/mol. The fourth-order valence-corrected chi connectivity index (χ4v) is 5.31. The van der Waals surface area contributed by atoms with Crippen molar-refractivity contribution in [2.75, 3.05) is 13.2 Å². The van der Waals surface area contributed by atoms with Gasteiger partial charge in [0.25, 0.3) is 0 Å². The maximum Gasteiger partial charge on any atom is 0.417 e. The van der Waals surface area contributed by atoms with Gasteiger partial charge in [-0.3, -0.25) is 0 Å². The monoisotopic (exact) mass is 446 g/mol. The molecule has 0 spiro atoms. The SMILES string of the molecule is O=C(OCC1c2ccccc2-c2ccccc21)C(=O)OCC1c2ccccc2-c2ccccc21. The summed E-state index contributed by atoms with van der Waals surface area (Å²) in [6.07, 6.45) is 0. The van der Waals surface area contributed by atoms with Crippen LogP contribution in [0, 0.1) is 0 Å². The zero-order valence-electron chi connectivity index (χ0n) is 18.4. The van der Waals surface area contributed by atoms with Crippen LogP contribution in [0.4, 0.5) is 0 Å². The Morgan fingerprint density at radius 1 is 0.471 bits per heavy atom. The Balaban J connectivity index is 1.14. The molecule has 0 aliphatic heterocycles. The van der Waals surface area contributed by atoms with E-state index in [0.717, 1.165) is 44.5 Å². The molecule has 2 aliphatic carbocycles. The largest absolute Gasteiger partial charge is 0.456 e. The summed E-state index contributed by atoms with van der Waals surface area (Å²) < 4.78 is 10.9. The summed E-state index contributed by atoms with van der Waals surface area (Å²) in [7, 11) is 0. The zero-order valence-corrected chi connectivity index (χ0v) is 18.4. The van der Waals surface area contributed by atoms with Gasteiger partial charge < -0.3 is 9.47 Å². The Bertz CT molecular complexity index is 1220. The van der Waals surface area contributed by atoms with Crippen molar-refractivity contribution < 1.29 is 19.1 Å². The third-order valence-corrected chi connectivity index (χ3v) is 6.85. The second kappa shape index (κ2) is 8.31. The Kier molecular flexibility index (Phi) is 4.99. The number of fused-ring (bicyclic) bond motifs is 6. The number of esters is 2. The summed E-state index contributed by atoms with van der Waals surface area (Å²) in [6, 6.07) is 32.4. The van der Waals surface area contributed by atoms with Crippen LogP contribution in [0.2, 0.25) is 0 Å². The lowest BCUT2D eigenvalue weighted by Gasteiger charge is -2.15. The predicted octanol–water partition coefficient (Wildman–Crippen LogP) is 5.70. The van der Waals surface area contributed by atoms with E-state index in [0.29, 0.717) is 0 Å². The molecule has 0 heterocycles. The van der Waals surface area contributed by atoms with Gasteiger partial charge in [0.2, 0.25) is 0 Å². The topological polar surface area (TPSA) is 52.6 Å². The van der Waals surface area contributed by atoms with E-state index in [1.807, 2.05) is 72.8 Å². The van der Waals surface area contributed by atoms with Crippen molar-refractivity contribution in [3.8, 4) is 22.3 Å². The molecular weight excluding hydrogens is 424 g/mol. The molecule has 4 aromatic rings. The second-order valence-corrected chi connectivity index (χ2v) is 8.65. The molecular formula is C30H22O4. The first-order valence-electron chi connectivity index (χ1n) is 11.4. The number of carbonyl (C=O) groups excluding carboxylic acids is 2. The first-order chi connectivity index (χ1) is 16.7. The van der Waals surface area contributed by atoms with Gasteiger partial charge in [-0.2, -0.15) is 0 Å². The van der Waals surface area contributed by atoms with Crippen molar-refractivity contribution in [3.05, 3.63) is 119 Å². The highest BCUT2D eigenvalue weighted by atomic mass is 16.6. The van der Waals surface area contributed by atoms with Crippen LogP contribution in [0.3, 0.4) is 0 Å². The predicted molar refractivity (Wildman–Crippen MR) is 129 cm³/mol. The summed E-state index contributed by atoms with van der Waals surface area (Å²) in [5.41, 5.74) is 8.96. The van der Waals surface area contributed by atoms with Gasteiger partial charge >= 0.3 is 11.9 Å². The lowest BCUT2D eigenvalue weighted by atomic mass is 9.98. The first kappa shape index (κ1) is 20.4. The lowest BCUT2D eigenvalue weighted by molar-refractivity contribution is -0.168. The maximum atomic E-state index is 12.5. The molecule has 0 N–H and O–H groups in total. The molecule has 0 saturated heterocycles. The number of rotatable bonds is 4.